The number of hydrogen-bond acceptors (Lipinski definition) is 6. The van der Waals surface area contributed by atoms with Crippen molar-refractivity contribution in [1.82, 2.24) is 14.4 Å². The maximum Gasteiger partial charge on any atom is 0.194 e. The van der Waals surface area contributed by atoms with Gasteiger partial charge in [-0.2, -0.15) is 0 Å². The molecule has 0 saturated carbocycles. The van der Waals surface area contributed by atoms with Crippen LogP contribution in [0.1, 0.15) is 23.0 Å². The first-order valence-electron chi connectivity index (χ1n) is 7.38. The number of aromatic nitrogens is 3. The van der Waals surface area contributed by atoms with Gasteiger partial charge in [0.1, 0.15) is 5.69 Å². The summed E-state index contributed by atoms with van der Waals surface area (Å²) in [6.07, 6.45) is 2.01. The molecule has 4 aromatic rings. The molecular formula is C17H15BrN4OS2. The van der Waals surface area contributed by atoms with Crippen LogP contribution in [0.5, 0.6) is 0 Å². The summed E-state index contributed by atoms with van der Waals surface area (Å²) in [4.78, 5) is 21.7. The molecule has 1 N–H and O–H groups in total. The Morgan fingerprint density at radius 2 is 2.08 bits per heavy atom. The topological polar surface area (TPSA) is 59.3 Å². The molecule has 0 radical (unpaired) electrons. The van der Waals surface area contributed by atoms with Crippen LogP contribution in [0.2, 0.25) is 0 Å². The van der Waals surface area contributed by atoms with Crippen molar-refractivity contribution >= 4 is 61.2 Å². The zero-order valence-corrected chi connectivity index (χ0v) is 16.9. The summed E-state index contributed by atoms with van der Waals surface area (Å²) < 4.78 is 2.06. The van der Waals surface area contributed by atoms with Crippen molar-refractivity contribution in [3.8, 4) is 11.4 Å². The third-order valence-corrected chi connectivity index (χ3v) is 5.22. The van der Waals surface area contributed by atoms with Gasteiger partial charge in [0, 0.05) is 28.2 Å². The number of anilines is 2. The summed E-state index contributed by atoms with van der Waals surface area (Å²) in [6.45, 7) is 3.56. The number of carbonyl (C=O) groups excluding carboxylic acids is 1. The number of halogens is 1. The number of fused-ring (bicyclic) bond motifs is 1. The highest BCUT2D eigenvalue weighted by atomic mass is 79.9. The van der Waals surface area contributed by atoms with Gasteiger partial charge in [0.15, 0.2) is 15.9 Å². The van der Waals surface area contributed by atoms with E-state index in [4.69, 9.17) is 0 Å². The first kappa shape index (κ1) is 17.8. The molecule has 25 heavy (non-hydrogen) atoms. The molecule has 3 heterocycles. The number of Topliss-reactive ketones (excluding diaryl/α,β-unsaturated/α-hetero) is 1. The average Bonchev–Trinajstić information content (AvgIpc) is 3.24. The molecule has 0 unspecified atom stereocenters. The number of carbonyl (C=O) groups is 1. The second-order valence-corrected chi connectivity index (χ2v) is 7.13. The highest BCUT2D eigenvalue weighted by Gasteiger charge is 2.15. The molecule has 5 nitrogen and oxygen atoms in total. The highest BCUT2D eigenvalue weighted by molar-refractivity contribution is 8.93. The second-order valence-electron chi connectivity index (χ2n) is 5.40. The van der Waals surface area contributed by atoms with Crippen molar-refractivity contribution < 1.29 is 4.79 Å². The number of thiazole rings is 2. The first-order chi connectivity index (χ1) is 11.6. The minimum Gasteiger partial charge on any atom is -0.332 e. The Morgan fingerprint density at radius 1 is 1.24 bits per heavy atom. The highest BCUT2D eigenvalue weighted by Crippen LogP contribution is 2.31. The van der Waals surface area contributed by atoms with Crippen molar-refractivity contribution in [1.29, 1.82) is 0 Å². The van der Waals surface area contributed by atoms with Crippen LogP contribution in [0.15, 0.2) is 41.2 Å². The molecule has 0 amide bonds. The van der Waals surface area contributed by atoms with Gasteiger partial charge >= 0.3 is 0 Å². The fraction of sp³-hybridized carbons (Fsp3) is 0.118. The van der Waals surface area contributed by atoms with E-state index in [1.165, 1.54) is 11.3 Å². The summed E-state index contributed by atoms with van der Waals surface area (Å²) in [5.41, 5.74) is 4.43. The standard InChI is InChI=1S/C17H14N4OS2.BrH/c1-10-15(21-6-7-23-17(21)18-10)14-9-24-16(20-14)19-13-5-3-4-12(8-13)11(2)22;/h3-9H,1-2H3,(H,19,20);1H. The number of rotatable bonds is 4. The maximum absolute atomic E-state index is 11.5. The zero-order valence-electron chi connectivity index (χ0n) is 13.5. The summed E-state index contributed by atoms with van der Waals surface area (Å²) >= 11 is 3.14. The number of benzene rings is 1. The lowest BCUT2D eigenvalue weighted by Gasteiger charge is -2.04. The largest absolute Gasteiger partial charge is 0.332 e. The summed E-state index contributed by atoms with van der Waals surface area (Å²) in [6, 6.07) is 7.44. The van der Waals surface area contributed by atoms with Crippen LogP contribution in [-0.4, -0.2) is 20.2 Å². The van der Waals surface area contributed by atoms with Gasteiger partial charge in [0.25, 0.3) is 0 Å². The SMILES string of the molecule is Br.CC(=O)c1cccc(Nc2nc(-c3c(C)nc4sccn34)cs2)c1. The lowest BCUT2D eigenvalue weighted by atomic mass is 10.1. The fourth-order valence-electron chi connectivity index (χ4n) is 2.58. The minimum absolute atomic E-state index is 0. The van der Waals surface area contributed by atoms with E-state index in [2.05, 4.69) is 19.7 Å². The van der Waals surface area contributed by atoms with E-state index in [1.807, 2.05) is 48.1 Å². The van der Waals surface area contributed by atoms with E-state index < -0.39 is 0 Å². The Hall–Kier alpha value is -2.03. The molecule has 0 aliphatic rings. The molecule has 3 aromatic heterocycles. The lowest BCUT2D eigenvalue weighted by Crippen LogP contribution is -1.95. The van der Waals surface area contributed by atoms with Crippen LogP contribution in [0, 0.1) is 6.92 Å². The second kappa shape index (κ2) is 7.07. The average molecular weight is 435 g/mol. The molecule has 0 saturated heterocycles. The molecule has 0 spiro atoms. The van der Waals surface area contributed by atoms with Gasteiger partial charge in [-0.05, 0) is 26.0 Å². The Balaban J connectivity index is 0.00000182. The van der Waals surface area contributed by atoms with Crippen molar-refractivity contribution in [2.45, 2.75) is 13.8 Å². The van der Waals surface area contributed by atoms with Crippen molar-refractivity contribution in [3.63, 3.8) is 0 Å². The third kappa shape index (κ3) is 3.37. The van der Waals surface area contributed by atoms with Crippen molar-refractivity contribution in [2.24, 2.45) is 0 Å². The Bertz CT molecular complexity index is 1050. The summed E-state index contributed by atoms with van der Waals surface area (Å²) in [7, 11) is 0. The molecule has 0 bridgehead atoms. The summed E-state index contributed by atoms with van der Waals surface area (Å²) in [5.74, 6) is 0.0493. The van der Waals surface area contributed by atoms with Crippen molar-refractivity contribution in [3.05, 3.63) is 52.5 Å². The quantitative estimate of drug-likeness (QED) is 0.439. The minimum atomic E-state index is 0. The summed E-state index contributed by atoms with van der Waals surface area (Å²) in [5, 5.41) is 8.10. The van der Waals surface area contributed by atoms with Gasteiger partial charge in [-0.1, -0.05) is 12.1 Å². The smallest absolute Gasteiger partial charge is 0.194 e. The fourth-order valence-corrected chi connectivity index (χ4v) is 4.06. The predicted octanol–water partition coefficient (Wildman–Crippen LogP) is 5.35. The molecule has 1 aromatic carbocycles. The Labute approximate surface area is 163 Å². The Morgan fingerprint density at radius 3 is 2.88 bits per heavy atom. The molecule has 0 aliphatic carbocycles. The van der Waals surface area contributed by atoms with E-state index in [0.717, 1.165) is 32.9 Å². The van der Waals surface area contributed by atoms with E-state index in [9.17, 15) is 4.79 Å². The predicted molar refractivity (Wildman–Crippen MR) is 109 cm³/mol. The molecule has 0 atom stereocenters. The van der Waals surface area contributed by atoms with Gasteiger partial charge in [0.2, 0.25) is 0 Å². The van der Waals surface area contributed by atoms with Gasteiger partial charge < -0.3 is 5.32 Å². The molecule has 4 rings (SSSR count). The lowest BCUT2D eigenvalue weighted by molar-refractivity contribution is 0.101. The van der Waals surface area contributed by atoms with Crippen LogP contribution in [0.3, 0.4) is 0 Å². The molecule has 8 heteroatoms. The zero-order chi connectivity index (χ0) is 16.7. The van der Waals surface area contributed by atoms with E-state index in [1.54, 1.807) is 18.3 Å². The maximum atomic E-state index is 11.5. The molecule has 128 valence electrons. The van der Waals surface area contributed by atoms with E-state index >= 15 is 0 Å². The molecular weight excluding hydrogens is 420 g/mol. The van der Waals surface area contributed by atoms with Crippen LogP contribution in [0.25, 0.3) is 16.3 Å². The van der Waals surface area contributed by atoms with Gasteiger partial charge in [-0.3, -0.25) is 9.20 Å². The van der Waals surface area contributed by atoms with Gasteiger partial charge in [-0.25, -0.2) is 9.97 Å². The number of nitrogens with zero attached hydrogens (tertiary/aromatic N) is 3. The number of imidazole rings is 1. The van der Waals surface area contributed by atoms with Crippen LogP contribution >= 0.6 is 39.7 Å². The molecule has 0 aliphatic heterocycles. The van der Waals surface area contributed by atoms with Gasteiger partial charge in [-0.15, -0.1) is 39.7 Å². The van der Waals surface area contributed by atoms with E-state index in [0.29, 0.717) is 5.56 Å². The number of ketones is 1. The normalized spacial score (nSPS) is 10.6. The monoisotopic (exact) mass is 434 g/mol. The van der Waals surface area contributed by atoms with Gasteiger partial charge in [0.05, 0.1) is 11.4 Å². The Kier molecular flexibility index (Phi) is 5.03. The third-order valence-electron chi connectivity index (χ3n) is 3.70. The van der Waals surface area contributed by atoms with Crippen molar-refractivity contribution in [2.75, 3.05) is 5.32 Å². The van der Waals surface area contributed by atoms with E-state index in [-0.39, 0.29) is 22.8 Å². The van der Waals surface area contributed by atoms with Crippen LogP contribution in [0.4, 0.5) is 10.8 Å². The number of nitrogens with one attached hydrogen (secondary N) is 1. The van der Waals surface area contributed by atoms with Crippen LogP contribution < -0.4 is 5.32 Å². The van der Waals surface area contributed by atoms with Crippen LogP contribution in [-0.2, 0) is 0 Å². The molecule has 0 fully saturated rings. The number of hydrogen-bond donors (Lipinski definition) is 1. The first-order valence-corrected chi connectivity index (χ1v) is 9.14. The number of aryl methyl sites for hydroxylation is 1.